The first kappa shape index (κ1) is 13.6. The number of hydrogen-bond donors (Lipinski definition) is 2. The molecular formula is C10H18N4O3. The number of methoxy groups -OCH3 is 1. The minimum absolute atomic E-state index is 0.332. The van der Waals surface area contributed by atoms with Gasteiger partial charge in [0.05, 0.1) is 19.8 Å². The minimum Gasteiger partial charge on any atom is -0.477 e. The van der Waals surface area contributed by atoms with Crippen molar-refractivity contribution in [3.05, 3.63) is 12.3 Å². The van der Waals surface area contributed by atoms with Crippen LogP contribution in [0.3, 0.4) is 0 Å². The van der Waals surface area contributed by atoms with Gasteiger partial charge in [-0.25, -0.2) is 10.8 Å². The van der Waals surface area contributed by atoms with E-state index in [-0.39, 0.29) is 0 Å². The number of hydrazine groups is 1. The van der Waals surface area contributed by atoms with Crippen LogP contribution in [0.5, 0.6) is 5.88 Å². The number of anilines is 1. The lowest BCUT2D eigenvalue weighted by Gasteiger charge is -2.06. The molecule has 0 aliphatic rings. The molecule has 96 valence electrons. The molecule has 1 rings (SSSR count). The van der Waals surface area contributed by atoms with Crippen LogP contribution in [-0.4, -0.2) is 43.5 Å². The van der Waals surface area contributed by atoms with E-state index in [0.717, 1.165) is 6.42 Å². The second-order valence-electron chi connectivity index (χ2n) is 3.17. The summed E-state index contributed by atoms with van der Waals surface area (Å²) >= 11 is 0. The maximum Gasteiger partial charge on any atom is 0.240 e. The van der Waals surface area contributed by atoms with Crippen LogP contribution < -0.4 is 16.0 Å². The lowest BCUT2D eigenvalue weighted by atomic mass is 10.5. The minimum atomic E-state index is 0.332. The Morgan fingerprint density at radius 1 is 1.29 bits per heavy atom. The second-order valence-corrected chi connectivity index (χ2v) is 3.17. The molecule has 0 unspecified atom stereocenters. The molecule has 0 radical (unpaired) electrons. The number of nitrogens with two attached hydrogens (primary N) is 1. The molecule has 0 amide bonds. The third-order valence-electron chi connectivity index (χ3n) is 1.87. The third kappa shape index (κ3) is 6.00. The monoisotopic (exact) mass is 242 g/mol. The highest BCUT2D eigenvalue weighted by atomic mass is 16.5. The topological polar surface area (TPSA) is 91.5 Å². The first-order valence-corrected chi connectivity index (χ1v) is 5.36. The molecule has 0 spiro atoms. The Bertz CT molecular complexity index is 311. The summed E-state index contributed by atoms with van der Waals surface area (Å²) in [6, 6.07) is 1.67. The van der Waals surface area contributed by atoms with Crippen molar-refractivity contribution in [1.82, 2.24) is 9.97 Å². The number of rotatable bonds is 9. The van der Waals surface area contributed by atoms with Crippen LogP contribution in [0.1, 0.15) is 6.42 Å². The van der Waals surface area contributed by atoms with Crippen molar-refractivity contribution in [3.8, 4) is 5.88 Å². The Hall–Kier alpha value is -1.44. The van der Waals surface area contributed by atoms with E-state index in [2.05, 4.69) is 15.4 Å². The average molecular weight is 242 g/mol. The highest BCUT2D eigenvalue weighted by molar-refractivity contribution is 5.25. The van der Waals surface area contributed by atoms with Crippen LogP contribution in [0.4, 0.5) is 5.95 Å². The smallest absolute Gasteiger partial charge is 0.240 e. The lowest BCUT2D eigenvalue weighted by molar-refractivity contribution is 0.0642. The molecule has 17 heavy (non-hydrogen) atoms. The van der Waals surface area contributed by atoms with Gasteiger partial charge in [0.1, 0.15) is 0 Å². The van der Waals surface area contributed by atoms with E-state index >= 15 is 0 Å². The van der Waals surface area contributed by atoms with Crippen molar-refractivity contribution in [3.63, 3.8) is 0 Å². The van der Waals surface area contributed by atoms with Gasteiger partial charge in [-0.3, -0.25) is 5.43 Å². The zero-order chi connectivity index (χ0) is 12.3. The SMILES string of the molecule is COCCOCCCOc1ccnc(NN)n1. The molecule has 3 N–H and O–H groups in total. The van der Waals surface area contributed by atoms with E-state index < -0.39 is 0 Å². The number of nitrogens with zero attached hydrogens (tertiary/aromatic N) is 2. The number of nitrogens with one attached hydrogen (secondary N) is 1. The fraction of sp³-hybridized carbons (Fsp3) is 0.600. The maximum atomic E-state index is 5.40. The summed E-state index contributed by atoms with van der Waals surface area (Å²) in [7, 11) is 1.64. The van der Waals surface area contributed by atoms with Gasteiger partial charge in [0.2, 0.25) is 11.8 Å². The summed E-state index contributed by atoms with van der Waals surface area (Å²) in [6.07, 6.45) is 2.37. The van der Waals surface area contributed by atoms with E-state index in [4.69, 9.17) is 20.1 Å². The number of hydrogen-bond acceptors (Lipinski definition) is 7. The molecule has 0 saturated carbocycles. The highest BCUT2D eigenvalue weighted by Crippen LogP contribution is 2.07. The van der Waals surface area contributed by atoms with Gasteiger partial charge < -0.3 is 14.2 Å². The predicted molar refractivity (Wildman–Crippen MR) is 62.6 cm³/mol. The number of ether oxygens (including phenoxy) is 3. The van der Waals surface area contributed by atoms with E-state index in [0.29, 0.717) is 38.3 Å². The van der Waals surface area contributed by atoms with Crippen LogP contribution in [0.2, 0.25) is 0 Å². The van der Waals surface area contributed by atoms with Gasteiger partial charge in [0, 0.05) is 32.4 Å². The summed E-state index contributed by atoms with van der Waals surface area (Å²) in [5.74, 6) is 6.00. The molecule has 7 heteroatoms. The van der Waals surface area contributed by atoms with Crippen molar-refractivity contribution < 1.29 is 14.2 Å². The zero-order valence-electron chi connectivity index (χ0n) is 9.89. The Kier molecular flexibility index (Phi) is 6.96. The summed E-state index contributed by atoms with van der Waals surface area (Å²) < 4.78 is 15.5. The van der Waals surface area contributed by atoms with Crippen molar-refractivity contribution in [2.24, 2.45) is 5.84 Å². The molecule has 0 saturated heterocycles. The Balaban J connectivity index is 2.09. The van der Waals surface area contributed by atoms with Gasteiger partial charge in [-0.05, 0) is 0 Å². The van der Waals surface area contributed by atoms with E-state index in [9.17, 15) is 0 Å². The molecule has 0 bridgehead atoms. The van der Waals surface area contributed by atoms with Crippen molar-refractivity contribution >= 4 is 5.95 Å². The molecule has 0 aliphatic carbocycles. The standard InChI is InChI=1S/C10H18N4O3/c1-15-7-8-16-5-2-6-17-9-3-4-12-10(13-9)14-11/h3-4H,2,5-8,11H2,1H3,(H,12,13,14). The van der Waals surface area contributed by atoms with Crippen LogP contribution >= 0.6 is 0 Å². The second kappa shape index (κ2) is 8.68. The van der Waals surface area contributed by atoms with Crippen LogP contribution in [0, 0.1) is 0 Å². The molecule has 0 atom stereocenters. The zero-order valence-corrected chi connectivity index (χ0v) is 9.89. The van der Waals surface area contributed by atoms with Gasteiger partial charge in [0.15, 0.2) is 0 Å². The molecule has 1 aromatic heterocycles. The fourth-order valence-electron chi connectivity index (χ4n) is 1.07. The summed E-state index contributed by atoms with van der Waals surface area (Å²) in [4.78, 5) is 7.88. The number of nitrogen functional groups attached to an aromatic ring is 1. The molecular weight excluding hydrogens is 224 g/mol. The van der Waals surface area contributed by atoms with Crippen molar-refractivity contribution in [1.29, 1.82) is 0 Å². The first-order chi connectivity index (χ1) is 8.36. The van der Waals surface area contributed by atoms with Crippen LogP contribution in [0.25, 0.3) is 0 Å². The molecule has 0 fully saturated rings. The van der Waals surface area contributed by atoms with Crippen molar-refractivity contribution in [2.45, 2.75) is 6.42 Å². The Morgan fingerprint density at radius 2 is 2.18 bits per heavy atom. The average Bonchev–Trinajstić information content (AvgIpc) is 2.38. The normalized spacial score (nSPS) is 10.2. The van der Waals surface area contributed by atoms with Crippen LogP contribution in [-0.2, 0) is 9.47 Å². The third-order valence-corrected chi connectivity index (χ3v) is 1.87. The maximum absolute atomic E-state index is 5.40. The van der Waals surface area contributed by atoms with Crippen LogP contribution in [0.15, 0.2) is 12.3 Å². The first-order valence-electron chi connectivity index (χ1n) is 5.36. The van der Waals surface area contributed by atoms with Gasteiger partial charge >= 0.3 is 0 Å². The molecule has 1 heterocycles. The lowest BCUT2D eigenvalue weighted by Crippen LogP contribution is -2.11. The van der Waals surface area contributed by atoms with Gasteiger partial charge in [-0.15, -0.1) is 0 Å². The molecule has 0 aromatic carbocycles. The fourth-order valence-corrected chi connectivity index (χ4v) is 1.07. The number of aromatic nitrogens is 2. The van der Waals surface area contributed by atoms with E-state index in [1.807, 2.05) is 0 Å². The summed E-state index contributed by atoms with van der Waals surface area (Å²) in [5.41, 5.74) is 2.35. The Morgan fingerprint density at radius 3 is 2.94 bits per heavy atom. The predicted octanol–water partition coefficient (Wildman–Crippen LogP) is 0.194. The van der Waals surface area contributed by atoms with Gasteiger partial charge in [0.25, 0.3) is 0 Å². The van der Waals surface area contributed by atoms with Crippen molar-refractivity contribution in [2.75, 3.05) is 39.0 Å². The van der Waals surface area contributed by atoms with E-state index in [1.54, 1.807) is 19.4 Å². The van der Waals surface area contributed by atoms with Gasteiger partial charge in [-0.1, -0.05) is 0 Å². The quantitative estimate of drug-likeness (QED) is 0.363. The van der Waals surface area contributed by atoms with E-state index in [1.165, 1.54) is 0 Å². The largest absolute Gasteiger partial charge is 0.477 e. The molecule has 1 aromatic rings. The summed E-state index contributed by atoms with van der Waals surface area (Å²) in [6.45, 7) is 2.38. The van der Waals surface area contributed by atoms with Gasteiger partial charge in [-0.2, -0.15) is 4.98 Å². The Labute approximate surface area is 100 Å². The summed E-state index contributed by atoms with van der Waals surface area (Å²) in [5, 5.41) is 0. The molecule has 7 nitrogen and oxygen atoms in total. The highest BCUT2D eigenvalue weighted by Gasteiger charge is 1.98. The molecule has 0 aliphatic heterocycles.